The number of rotatable bonds is 6. The van der Waals surface area contributed by atoms with Gasteiger partial charge in [0.15, 0.2) is 17.6 Å². The van der Waals surface area contributed by atoms with Crippen LogP contribution in [-0.4, -0.2) is 39.3 Å². The smallest absolute Gasteiger partial charge is 0.251 e. The summed E-state index contributed by atoms with van der Waals surface area (Å²) >= 11 is 0. The second-order valence-corrected chi connectivity index (χ2v) is 5.00. The molecule has 0 spiro atoms. The van der Waals surface area contributed by atoms with Crippen molar-refractivity contribution >= 4 is 5.91 Å². The van der Waals surface area contributed by atoms with Crippen LogP contribution in [0.3, 0.4) is 0 Å². The molecule has 6 nitrogen and oxygen atoms in total. The van der Waals surface area contributed by atoms with E-state index in [1.165, 1.54) is 0 Å². The lowest BCUT2D eigenvalue weighted by atomic mass is 10.1. The molecule has 1 aromatic rings. The van der Waals surface area contributed by atoms with Crippen LogP contribution in [0.2, 0.25) is 0 Å². The highest BCUT2D eigenvalue weighted by Crippen LogP contribution is 2.31. The third-order valence-electron chi connectivity index (χ3n) is 3.55. The summed E-state index contributed by atoms with van der Waals surface area (Å²) in [7, 11) is 3.11. The molecule has 21 heavy (non-hydrogen) atoms. The molecule has 116 valence electrons. The Morgan fingerprint density at radius 3 is 2.67 bits per heavy atom. The molecule has 2 rings (SSSR count). The third kappa shape index (κ3) is 3.86. The van der Waals surface area contributed by atoms with E-state index in [1.54, 1.807) is 32.4 Å². The van der Waals surface area contributed by atoms with Gasteiger partial charge in [-0.05, 0) is 37.1 Å². The Bertz CT molecular complexity index is 487. The predicted molar refractivity (Wildman–Crippen MR) is 78.5 cm³/mol. The van der Waals surface area contributed by atoms with Crippen LogP contribution in [-0.2, 0) is 9.53 Å². The van der Waals surface area contributed by atoms with Gasteiger partial charge in [-0.1, -0.05) is 6.07 Å². The first-order valence-corrected chi connectivity index (χ1v) is 7.03. The van der Waals surface area contributed by atoms with Gasteiger partial charge >= 0.3 is 0 Å². The fourth-order valence-corrected chi connectivity index (χ4v) is 2.45. The van der Waals surface area contributed by atoms with E-state index in [2.05, 4.69) is 5.32 Å². The Labute approximate surface area is 124 Å². The first kappa shape index (κ1) is 15.6. The van der Waals surface area contributed by atoms with Crippen molar-refractivity contribution in [3.05, 3.63) is 23.8 Å². The number of hydrogen-bond acceptors (Lipinski definition) is 5. The number of nitrogens with two attached hydrogens (primary N) is 1. The normalized spacial score (nSPS) is 19.8. The first-order chi connectivity index (χ1) is 10.2. The van der Waals surface area contributed by atoms with Crippen LogP contribution in [0.4, 0.5) is 0 Å². The van der Waals surface area contributed by atoms with Gasteiger partial charge in [0.1, 0.15) is 0 Å². The quantitative estimate of drug-likeness (QED) is 0.818. The van der Waals surface area contributed by atoms with Crippen molar-refractivity contribution in [1.82, 2.24) is 5.32 Å². The number of nitrogens with one attached hydrogen (secondary N) is 1. The minimum absolute atomic E-state index is 0.00986. The molecule has 0 bridgehead atoms. The molecule has 2 atom stereocenters. The van der Waals surface area contributed by atoms with Crippen LogP contribution in [0.15, 0.2) is 18.2 Å². The average Bonchev–Trinajstić information content (AvgIpc) is 2.52. The molecule has 1 amide bonds. The first-order valence-electron chi connectivity index (χ1n) is 7.03. The maximum atomic E-state index is 11.7. The highest BCUT2D eigenvalue weighted by atomic mass is 16.5. The summed E-state index contributed by atoms with van der Waals surface area (Å²) in [5, 5.41) is 3.25. The summed E-state index contributed by atoms with van der Waals surface area (Å²) in [6, 6.07) is 5.24. The summed E-state index contributed by atoms with van der Waals surface area (Å²) in [5.41, 5.74) is 6.16. The van der Waals surface area contributed by atoms with E-state index in [4.69, 9.17) is 19.9 Å². The Morgan fingerprint density at radius 2 is 2.10 bits per heavy atom. The summed E-state index contributed by atoms with van der Waals surface area (Å²) < 4.78 is 16.3. The fraction of sp³-hybridized carbons (Fsp3) is 0.533. The van der Waals surface area contributed by atoms with Crippen molar-refractivity contribution in [3.63, 3.8) is 0 Å². The van der Waals surface area contributed by atoms with Gasteiger partial charge in [-0.15, -0.1) is 0 Å². The second-order valence-electron chi connectivity index (χ2n) is 5.00. The largest absolute Gasteiger partial charge is 0.493 e. The molecule has 0 unspecified atom stereocenters. The number of benzene rings is 1. The molecule has 6 heteroatoms. The Balaban J connectivity index is 2.19. The number of hydrogen-bond donors (Lipinski definition) is 2. The van der Waals surface area contributed by atoms with Crippen molar-refractivity contribution < 1.29 is 19.0 Å². The van der Waals surface area contributed by atoms with Crippen LogP contribution in [0.5, 0.6) is 11.5 Å². The molecule has 0 aliphatic carbocycles. The zero-order valence-electron chi connectivity index (χ0n) is 12.4. The molecule has 1 aliphatic heterocycles. The zero-order valence-corrected chi connectivity index (χ0v) is 12.4. The number of amides is 1. The second kappa shape index (κ2) is 7.28. The molecule has 0 aromatic heterocycles. The van der Waals surface area contributed by atoms with Crippen LogP contribution < -0.4 is 20.5 Å². The molecule has 0 saturated carbocycles. The molecule has 1 fully saturated rings. The van der Waals surface area contributed by atoms with Crippen molar-refractivity contribution in [1.29, 1.82) is 0 Å². The van der Waals surface area contributed by atoms with Gasteiger partial charge in [0, 0.05) is 6.54 Å². The van der Waals surface area contributed by atoms with Crippen LogP contribution in [0.25, 0.3) is 0 Å². The number of carbonyl (C=O) groups is 1. The SMILES string of the molecule is COc1ccc([C@@H](O[C@H]2CCCNC2)C(N)=O)cc1OC. The van der Waals surface area contributed by atoms with Crippen LogP contribution >= 0.6 is 0 Å². The summed E-state index contributed by atoms with van der Waals surface area (Å²) in [6.07, 6.45) is 1.16. The maximum absolute atomic E-state index is 11.7. The van der Waals surface area contributed by atoms with E-state index < -0.39 is 12.0 Å². The van der Waals surface area contributed by atoms with E-state index in [-0.39, 0.29) is 6.10 Å². The third-order valence-corrected chi connectivity index (χ3v) is 3.55. The number of carbonyl (C=O) groups excluding carboxylic acids is 1. The van der Waals surface area contributed by atoms with Crippen LogP contribution in [0.1, 0.15) is 24.5 Å². The Hall–Kier alpha value is -1.79. The summed E-state index contributed by atoms with van der Waals surface area (Å²) in [4.78, 5) is 11.7. The lowest BCUT2D eigenvalue weighted by molar-refractivity contribution is -0.134. The average molecular weight is 294 g/mol. The van der Waals surface area contributed by atoms with E-state index >= 15 is 0 Å². The fourth-order valence-electron chi connectivity index (χ4n) is 2.45. The van der Waals surface area contributed by atoms with Gasteiger partial charge in [0.2, 0.25) is 0 Å². The number of methoxy groups -OCH3 is 2. The van der Waals surface area contributed by atoms with E-state index in [0.29, 0.717) is 17.1 Å². The zero-order chi connectivity index (χ0) is 15.2. The minimum atomic E-state index is -0.783. The maximum Gasteiger partial charge on any atom is 0.251 e. The Morgan fingerprint density at radius 1 is 1.33 bits per heavy atom. The van der Waals surface area contributed by atoms with E-state index in [9.17, 15) is 4.79 Å². The summed E-state index contributed by atoms with van der Waals surface area (Å²) in [6.45, 7) is 1.72. The van der Waals surface area contributed by atoms with Crippen molar-refractivity contribution in [2.24, 2.45) is 5.73 Å². The van der Waals surface area contributed by atoms with Crippen molar-refractivity contribution in [3.8, 4) is 11.5 Å². The number of primary amides is 1. The number of ether oxygens (including phenoxy) is 3. The predicted octanol–water partition coefficient (Wildman–Crippen LogP) is 0.999. The van der Waals surface area contributed by atoms with Crippen molar-refractivity contribution in [2.45, 2.75) is 25.0 Å². The molecule has 1 saturated heterocycles. The topological polar surface area (TPSA) is 82.8 Å². The van der Waals surface area contributed by atoms with Gasteiger partial charge in [0.25, 0.3) is 5.91 Å². The highest BCUT2D eigenvalue weighted by molar-refractivity contribution is 5.80. The number of piperidine rings is 1. The van der Waals surface area contributed by atoms with Gasteiger partial charge in [0.05, 0.1) is 20.3 Å². The molecule has 0 radical (unpaired) electrons. The molecule has 3 N–H and O–H groups in total. The monoisotopic (exact) mass is 294 g/mol. The molecule has 1 aromatic carbocycles. The van der Waals surface area contributed by atoms with Gasteiger partial charge in [-0.2, -0.15) is 0 Å². The molecule has 1 aliphatic rings. The van der Waals surface area contributed by atoms with E-state index in [0.717, 1.165) is 25.9 Å². The molecular weight excluding hydrogens is 272 g/mol. The van der Waals surface area contributed by atoms with E-state index in [1.807, 2.05) is 0 Å². The Kier molecular flexibility index (Phi) is 5.41. The lowest BCUT2D eigenvalue weighted by Crippen LogP contribution is -2.38. The highest BCUT2D eigenvalue weighted by Gasteiger charge is 2.25. The van der Waals surface area contributed by atoms with Gasteiger partial charge < -0.3 is 25.3 Å². The minimum Gasteiger partial charge on any atom is -0.493 e. The van der Waals surface area contributed by atoms with Gasteiger partial charge in [-0.25, -0.2) is 0 Å². The molecule has 1 heterocycles. The summed E-state index contributed by atoms with van der Waals surface area (Å²) in [5.74, 6) is 0.642. The standard InChI is InChI=1S/C15H22N2O4/c1-19-12-6-5-10(8-13(12)20-2)14(15(16)18)21-11-4-3-7-17-9-11/h5-6,8,11,14,17H,3-4,7,9H2,1-2H3,(H2,16,18)/t11-,14+/m0/s1. The van der Waals surface area contributed by atoms with Crippen LogP contribution in [0, 0.1) is 0 Å². The van der Waals surface area contributed by atoms with Gasteiger partial charge in [-0.3, -0.25) is 4.79 Å². The lowest BCUT2D eigenvalue weighted by Gasteiger charge is -2.27. The van der Waals surface area contributed by atoms with Crippen molar-refractivity contribution in [2.75, 3.05) is 27.3 Å². The molecular formula is C15H22N2O4.